The molecule has 0 aliphatic heterocycles. The quantitative estimate of drug-likeness (QED) is 0.412. The molecular weight excluding hydrogens is 471 g/mol. The highest BCUT2D eigenvalue weighted by Crippen LogP contribution is 2.17. The first-order valence-corrected chi connectivity index (χ1v) is 11.2. The second-order valence-corrected chi connectivity index (χ2v) is 9.04. The molecule has 1 N–H and O–H groups in total. The first-order valence-electron chi connectivity index (χ1n) is 11.2. The van der Waals surface area contributed by atoms with Gasteiger partial charge in [0.05, 0.1) is 19.1 Å². The van der Waals surface area contributed by atoms with E-state index in [-0.39, 0.29) is 24.3 Å². The maximum Gasteiger partial charge on any atom is 0.408 e. The molecule has 36 heavy (non-hydrogen) atoms. The third-order valence-electron chi connectivity index (χ3n) is 4.87. The van der Waals surface area contributed by atoms with Gasteiger partial charge in [0.2, 0.25) is 5.91 Å². The Balaban J connectivity index is 2.11. The minimum Gasteiger partial charge on any atom is -0.469 e. The molecule has 0 bridgehead atoms. The van der Waals surface area contributed by atoms with Crippen molar-refractivity contribution in [3.63, 3.8) is 0 Å². The predicted octanol–water partition coefficient (Wildman–Crippen LogP) is 3.60. The molecule has 0 aromatic heterocycles. The summed E-state index contributed by atoms with van der Waals surface area (Å²) in [4.78, 5) is 50.7. The fourth-order valence-corrected chi connectivity index (χ4v) is 3.12. The van der Waals surface area contributed by atoms with Crippen LogP contribution in [-0.4, -0.2) is 54.6 Å². The molecular formula is C26H31FN2O7. The molecule has 0 heterocycles. The van der Waals surface area contributed by atoms with Gasteiger partial charge in [-0.2, -0.15) is 0 Å². The zero-order valence-electron chi connectivity index (χ0n) is 21.0. The number of benzene rings is 2. The van der Waals surface area contributed by atoms with Crippen LogP contribution in [0.3, 0.4) is 0 Å². The number of alkyl carbamates (subject to hydrolysis) is 1. The lowest BCUT2D eigenvalue weighted by molar-refractivity contribution is -0.144. The lowest BCUT2D eigenvalue weighted by atomic mass is 10.1. The van der Waals surface area contributed by atoms with Gasteiger partial charge >= 0.3 is 18.0 Å². The average Bonchev–Trinajstić information content (AvgIpc) is 2.82. The summed E-state index contributed by atoms with van der Waals surface area (Å²) < 4.78 is 29.6. The van der Waals surface area contributed by atoms with E-state index >= 15 is 0 Å². The zero-order valence-corrected chi connectivity index (χ0v) is 21.0. The Bertz CT molecular complexity index is 1080. The Morgan fingerprint density at radius 1 is 1.06 bits per heavy atom. The topological polar surface area (TPSA) is 111 Å². The monoisotopic (exact) mass is 502 g/mol. The van der Waals surface area contributed by atoms with Gasteiger partial charge in [0.25, 0.3) is 0 Å². The van der Waals surface area contributed by atoms with Crippen molar-refractivity contribution < 1.29 is 37.8 Å². The lowest BCUT2D eigenvalue weighted by Crippen LogP contribution is -2.48. The number of hydrogen-bond donors (Lipinski definition) is 1. The largest absolute Gasteiger partial charge is 0.469 e. The van der Waals surface area contributed by atoms with Crippen LogP contribution < -0.4 is 5.32 Å². The van der Waals surface area contributed by atoms with Crippen molar-refractivity contribution in [3.05, 3.63) is 71.0 Å². The van der Waals surface area contributed by atoms with E-state index in [4.69, 9.17) is 9.47 Å². The number of carbonyl (C=O) groups excluding carboxylic acids is 4. The number of amides is 2. The number of nitrogens with one attached hydrogen (secondary N) is 1. The summed E-state index contributed by atoms with van der Waals surface area (Å²) in [5, 5.41) is 2.37. The summed E-state index contributed by atoms with van der Waals surface area (Å²) in [5.41, 5.74) is 0.176. The molecule has 0 aliphatic carbocycles. The van der Waals surface area contributed by atoms with Crippen molar-refractivity contribution in [2.45, 2.75) is 52.0 Å². The Morgan fingerprint density at radius 3 is 2.33 bits per heavy atom. The molecule has 0 fully saturated rings. The molecule has 2 aromatic rings. The fraction of sp³-hybridized carbons (Fsp3) is 0.385. The maximum absolute atomic E-state index is 14.5. The number of nitrogens with zero attached hydrogens (tertiary/aromatic N) is 1. The van der Waals surface area contributed by atoms with E-state index < -0.39 is 47.8 Å². The Morgan fingerprint density at radius 2 is 1.72 bits per heavy atom. The molecule has 194 valence electrons. The summed E-state index contributed by atoms with van der Waals surface area (Å²) in [6.45, 7) is 4.85. The number of esters is 2. The van der Waals surface area contributed by atoms with Gasteiger partial charge < -0.3 is 24.4 Å². The smallest absolute Gasteiger partial charge is 0.408 e. The molecule has 2 rings (SSSR count). The van der Waals surface area contributed by atoms with E-state index in [2.05, 4.69) is 10.1 Å². The summed E-state index contributed by atoms with van der Waals surface area (Å²) >= 11 is 0. The number of likely N-dealkylation sites (N-methyl/N-ethyl adjacent to an activating group) is 1. The highest BCUT2D eigenvalue weighted by atomic mass is 19.1. The van der Waals surface area contributed by atoms with Crippen molar-refractivity contribution in [2.24, 2.45) is 0 Å². The third-order valence-corrected chi connectivity index (χ3v) is 4.87. The van der Waals surface area contributed by atoms with Crippen LogP contribution in [0.1, 0.15) is 48.7 Å². The van der Waals surface area contributed by atoms with Crippen LogP contribution in [0.2, 0.25) is 0 Å². The minimum absolute atomic E-state index is 0.0374. The van der Waals surface area contributed by atoms with Gasteiger partial charge in [-0.3, -0.25) is 9.59 Å². The van der Waals surface area contributed by atoms with E-state index in [9.17, 15) is 23.6 Å². The van der Waals surface area contributed by atoms with Gasteiger partial charge in [-0.25, -0.2) is 14.0 Å². The number of ether oxygens (including phenoxy) is 3. The van der Waals surface area contributed by atoms with Crippen LogP contribution >= 0.6 is 0 Å². The number of methoxy groups -OCH3 is 1. The number of halogens is 1. The van der Waals surface area contributed by atoms with Gasteiger partial charge in [0.15, 0.2) is 0 Å². The van der Waals surface area contributed by atoms with E-state index in [1.807, 2.05) is 6.07 Å². The molecule has 2 aromatic carbocycles. The van der Waals surface area contributed by atoms with Crippen LogP contribution in [-0.2, 0) is 37.0 Å². The molecule has 0 saturated carbocycles. The van der Waals surface area contributed by atoms with Crippen molar-refractivity contribution in [1.82, 2.24) is 10.2 Å². The molecule has 2 amide bonds. The summed E-state index contributed by atoms with van der Waals surface area (Å²) in [5.74, 6) is -2.69. The predicted molar refractivity (Wildman–Crippen MR) is 128 cm³/mol. The Labute approximate surface area is 209 Å². The first-order chi connectivity index (χ1) is 16.9. The van der Waals surface area contributed by atoms with Crippen LogP contribution in [0.25, 0.3) is 0 Å². The van der Waals surface area contributed by atoms with E-state index in [1.54, 1.807) is 45.0 Å². The number of carbonyl (C=O) groups is 4. The molecule has 10 heteroatoms. The second-order valence-electron chi connectivity index (χ2n) is 9.04. The lowest BCUT2D eigenvalue weighted by Gasteiger charge is -2.24. The Hall–Kier alpha value is -3.95. The van der Waals surface area contributed by atoms with Crippen LogP contribution in [0.5, 0.6) is 0 Å². The normalized spacial score (nSPS) is 11.7. The summed E-state index contributed by atoms with van der Waals surface area (Å²) in [6.07, 6.45) is -1.37. The number of rotatable bonds is 9. The van der Waals surface area contributed by atoms with E-state index in [0.717, 1.165) is 23.6 Å². The molecule has 0 spiro atoms. The molecule has 0 saturated heterocycles. The van der Waals surface area contributed by atoms with Gasteiger partial charge in [-0.15, -0.1) is 0 Å². The molecule has 0 unspecified atom stereocenters. The second kappa shape index (κ2) is 12.7. The SMILES string of the molecule is COC(=O)C[C@H](NC(=O)OCc1ccccc1)C(=O)N(C)Cc1cc(C(=O)OC(C)(C)C)ccc1F. The van der Waals surface area contributed by atoms with E-state index in [0.29, 0.717) is 0 Å². The summed E-state index contributed by atoms with van der Waals surface area (Å²) in [7, 11) is 2.53. The van der Waals surface area contributed by atoms with E-state index in [1.165, 1.54) is 19.2 Å². The first kappa shape index (κ1) is 28.3. The maximum atomic E-state index is 14.5. The number of hydrogen-bond acceptors (Lipinski definition) is 7. The van der Waals surface area contributed by atoms with Crippen LogP contribution in [0, 0.1) is 5.82 Å². The van der Waals surface area contributed by atoms with Gasteiger partial charge in [-0.1, -0.05) is 30.3 Å². The highest BCUT2D eigenvalue weighted by molar-refractivity contribution is 5.90. The van der Waals surface area contributed by atoms with Gasteiger partial charge in [0.1, 0.15) is 24.1 Å². The molecule has 9 nitrogen and oxygen atoms in total. The fourth-order valence-electron chi connectivity index (χ4n) is 3.12. The van der Waals surface area contributed by atoms with Crippen LogP contribution in [0.4, 0.5) is 9.18 Å². The Kier molecular flexibility index (Phi) is 9.95. The van der Waals surface area contributed by atoms with Crippen LogP contribution in [0.15, 0.2) is 48.5 Å². The standard InChI is InChI=1S/C26H31FN2O7/c1-26(2,3)36-24(32)18-11-12-20(27)19(13-18)15-29(4)23(31)21(14-22(30)34-5)28-25(33)35-16-17-9-7-6-8-10-17/h6-13,21H,14-16H2,1-5H3,(H,28,33)/t21-/m0/s1. The van der Waals surface area contributed by atoms with Crippen molar-refractivity contribution in [1.29, 1.82) is 0 Å². The van der Waals surface area contributed by atoms with Gasteiger partial charge in [-0.05, 0) is 44.5 Å². The van der Waals surface area contributed by atoms with Crippen molar-refractivity contribution >= 4 is 23.9 Å². The zero-order chi connectivity index (χ0) is 26.9. The molecule has 1 atom stereocenters. The highest BCUT2D eigenvalue weighted by Gasteiger charge is 2.28. The van der Waals surface area contributed by atoms with Crippen molar-refractivity contribution in [3.8, 4) is 0 Å². The minimum atomic E-state index is -1.32. The molecule has 0 radical (unpaired) electrons. The summed E-state index contributed by atoms with van der Waals surface area (Å²) in [6, 6.07) is 11.3. The third kappa shape index (κ3) is 9.01. The van der Waals surface area contributed by atoms with Crippen molar-refractivity contribution in [2.75, 3.05) is 14.2 Å². The molecule has 0 aliphatic rings. The van der Waals surface area contributed by atoms with Gasteiger partial charge in [0, 0.05) is 19.2 Å². The average molecular weight is 503 g/mol.